The highest BCUT2D eigenvalue weighted by Crippen LogP contribution is 2.21. The van der Waals surface area contributed by atoms with Gasteiger partial charge in [-0.3, -0.25) is 4.79 Å². The maximum atomic E-state index is 11.6. The fraction of sp³-hybridized carbons (Fsp3) is 0.308. The molecule has 0 saturated carbocycles. The molecule has 0 aromatic heterocycles. The van der Waals surface area contributed by atoms with Crippen LogP contribution >= 0.6 is 23.2 Å². The molecule has 19 heavy (non-hydrogen) atoms. The molecule has 0 aliphatic heterocycles. The fourth-order valence-electron chi connectivity index (χ4n) is 1.27. The first-order valence-electron chi connectivity index (χ1n) is 5.57. The number of carbonyl (C=O) groups is 1. The number of rotatable bonds is 5. The third-order valence-electron chi connectivity index (χ3n) is 2.50. The molecule has 0 radical (unpaired) electrons. The van der Waals surface area contributed by atoms with Crippen molar-refractivity contribution >= 4 is 35.2 Å². The van der Waals surface area contributed by atoms with E-state index in [2.05, 4.69) is 5.32 Å². The van der Waals surface area contributed by atoms with E-state index in [1.807, 2.05) is 0 Å². The first-order valence-corrected chi connectivity index (χ1v) is 6.33. The summed E-state index contributed by atoms with van der Waals surface area (Å²) in [4.78, 5) is 11.6. The van der Waals surface area contributed by atoms with E-state index in [0.717, 1.165) is 0 Å². The van der Waals surface area contributed by atoms with Crippen molar-refractivity contribution < 1.29 is 15.0 Å². The van der Waals surface area contributed by atoms with Crippen molar-refractivity contribution in [3.63, 3.8) is 0 Å². The minimum absolute atomic E-state index is 0.356. The second kappa shape index (κ2) is 6.91. The van der Waals surface area contributed by atoms with Gasteiger partial charge in [-0.2, -0.15) is 0 Å². The van der Waals surface area contributed by atoms with Crippen LogP contribution in [-0.2, 0) is 4.79 Å². The molecule has 3 N–H and O–H groups in total. The van der Waals surface area contributed by atoms with Crippen LogP contribution in [0.25, 0.3) is 6.08 Å². The summed E-state index contributed by atoms with van der Waals surface area (Å²) in [5.41, 5.74) is -0.401. The van der Waals surface area contributed by atoms with Crippen molar-refractivity contribution in [1.29, 1.82) is 0 Å². The predicted molar refractivity (Wildman–Crippen MR) is 76.2 cm³/mol. The van der Waals surface area contributed by atoms with Crippen LogP contribution in [0.2, 0.25) is 10.0 Å². The molecule has 0 unspecified atom stereocenters. The third-order valence-corrected chi connectivity index (χ3v) is 3.06. The van der Waals surface area contributed by atoms with Crippen molar-refractivity contribution in [2.24, 2.45) is 0 Å². The van der Waals surface area contributed by atoms with Crippen molar-refractivity contribution in [2.45, 2.75) is 12.5 Å². The van der Waals surface area contributed by atoms with Crippen LogP contribution in [-0.4, -0.2) is 34.9 Å². The van der Waals surface area contributed by atoms with Crippen LogP contribution < -0.4 is 5.32 Å². The van der Waals surface area contributed by atoms with E-state index >= 15 is 0 Å². The zero-order chi connectivity index (χ0) is 14.5. The Morgan fingerprint density at radius 2 is 2.00 bits per heavy atom. The standard InChI is InChI=1S/C13H15Cl2NO3/c1-13(7-17,8-18)16-12(19)5-3-9-2-4-10(14)6-11(9)15/h2-6,17-18H,7-8H2,1H3,(H,16,19)/b5-3+. The quantitative estimate of drug-likeness (QED) is 0.727. The first-order chi connectivity index (χ1) is 8.90. The lowest BCUT2D eigenvalue weighted by Gasteiger charge is -2.25. The topological polar surface area (TPSA) is 69.6 Å². The van der Waals surface area contributed by atoms with Gasteiger partial charge in [0, 0.05) is 16.1 Å². The summed E-state index contributed by atoms with van der Waals surface area (Å²) in [5.74, 6) is -0.434. The van der Waals surface area contributed by atoms with E-state index in [1.54, 1.807) is 18.2 Å². The van der Waals surface area contributed by atoms with Gasteiger partial charge in [-0.15, -0.1) is 0 Å². The summed E-state index contributed by atoms with van der Waals surface area (Å²) in [6.07, 6.45) is 2.81. The minimum atomic E-state index is -1.05. The molecule has 1 rings (SSSR count). The molecule has 0 heterocycles. The number of halogens is 2. The van der Waals surface area contributed by atoms with E-state index in [1.165, 1.54) is 19.1 Å². The zero-order valence-corrected chi connectivity index (χ0v) is 11.9. The van der Waals surface area contributed by atoms with Gasteiger partial charge in [-0.25, -0.2) is 0 Å². The predicted octanol–water partition coefficient (Wildman–Crippen LogP) is 1.87. The Morgan fingerprint density at radius 3 is 2.53 bits per heavy atom. The molecule has 0 fully saturated rings. The summed E-state index contributed by atoms with van der Waals surface area (Å²) < 4.78 is 0. The van der Waals surface area contributed by atoms with E-state index in [9.17, 15) is 4.79 Å². The van der Waals surface area contributed by atoms with Crippen molar-refractivity contribution in [1.82, 2.24) is 5.32 Å². The highest BCUT2D eigenvalue weighted by atomic mass is 35.5. The van der Waals surface area contributed by atoms with Crippen molar-refractivity contribution in [3.8, 4) is 0 Å². The average molecular weight is 304 g/mol. The van der Waals surface area contributed by atoms with Crippen LogP contribution in [0.1, 0.15) is 12.5 Å². The van der Waals surface area contributed by atoms with Gasteiger partial charge in [0.15, 0.2) is 0 Å². The molecule has 104 valence electrons. The highest BCUT2D eigenvalue weighted by molar-refractivity contribution is 6.35. The average Bonchev–Trinajstić information content (AvgIpc) is 2.37. The summed E-state index contributed by atoms with van der Waals surface area (Å²) in [6.45, 7) is 0.823. The maximum Gasteiger partial charge on any atom is 0.244 e. The summed E-state index contributed by atoms with van der Waals surface area (Å²) in [5, 5.41) is 21.6. The monoisotopic (exact) mass is 303 g/mol. The second-order valence-corrected chi connectivity index (χ2v) is 5.21. The highest BCUT2D eigenvalue weighted by Gasteiger charge is 2.23. The Bertz CT molecular complexity index is 485. The molecular weight excluding hydrogens is 289 g/mol. The van der Waals surface area contributed by atoms with Crippen molar-refractivity contribution in [2.75, 3.05) is 13.2 Å². The smallest absolute Gasteiger partial charge is 0.244 e. The van der Waals surface area contributed by atoms with Gasteiger partial charge in [0.25, 0.3) is 0 Å². The number of aliphatic hydroxyl groups is 2. The molecule has 0 aliphatic carbocycles. The number of nitrogens with one attached hydrogen (secondary N) is 1. The van der Waals surface area contributed by atoms with E-state index < -0.39 is 11.4 Å². The van der Waals surface area contributed by atoms with E-state index in [0.29, 0.717) is 15.6 Å². The second-order valence-electron chi connectivity index (χ2n) is 4.37. The van der Waals surface area contributed by atoms with Gasteiger partial charge < -0.3 is 15.5 Å². The van der Waals surface area contributed by atoms with Crippen LogP contribution in [0.4, 0.5) is 0 Å². The molecule has 1 amide bonds. The molecule has 0 spiro atoms. The Labute approximate surface area is 121 Å². The fourth-order valence-corrected chi connectivity index (χ4v) is 1.74. The van der Waals surface area contributed by atoms with Gasteiger partial charge in [-0.05, 0) is 30.7 Å². The van der Waals surface area contributed by atoms with Gasteiger partial charge in [0.05, 0.1) is 18.8 Å². The molecule has 1 aromatic rings. The van der Waals surface area contributed by atoms with Gasteiger partial charge >= 0.3 is 0 Å². The Morgan fingerprint density at radius 1 is 1.37 bits per heavy atom. The Kier molecular flexibility index (Phi) is 5.82. The summed E-state index contributed by atoms with van der Waals surface area (Å²) in [6, 6.07) is 4.93. The van der Waals surface area contributed by atoms with E-state index in [-0.39, 0.29) is 13.2 Å². The van der Waals surface area contributed by atoms with Crippen molar-refractivity contribution in [3.05, 3.63) is 39.9 Å². The lowest BCUT2D eigenvalue weighted by atomic mass is 10.1. The molecule has 1 aromatic carbocycles. The zero-order valence-electron chi connectivity index (χ0n) is 10.4. The molecule has 0 saturated heterocycles. The Balaban J connectivity index is 2.74. The normalized spacial score (nSPS) is 11.8. The SMILES string of the molecule is CC(CO)(CO)NC(=O)/C=C/c1ccc(Cl)cc1Cl. The minimum Gasteiger partial charge on any atom is -0.394 e. The lowest BCUT2D eigenvalue weighted by Crippen LogP contribution is -2.51. The molecular formula is C13H15Cl2NO3. The van der Waals surface area contributed by atoms with Gasteiger partial charge in [0.2, 0.25) is 5.91 Å². The number of benzene rings is 1. The number of carbonyl (C=O) groups excluding carboxylic acids is 1. The number of amides is 1. The number of hydrogen-bond donors (Lipinski definition) is 3. The largest absolute Gasteiger partial charge is 0.394 e. The van der Waals surface area contributed by atoms with Gasteiger partial charge in [-0.1, -0.05) is 29.3 Å². The van der Waals surface area contributed by atoms with E-state index in [4.69, 9.17) is 33.4 Å². The Hall–Kier alpha value is -1.07. The van der Waals surface area contributed by atoms with Crippen LogP contribution in [0, 0.1) is 0 Å². The van der Waals surface area contributed by atoms with Crippen LogP contribution in [0.5, 0.6) is 0 Å². The third kappa shape index (κ3) is 4.84. The summed E-state index contributed by atoms with van der Waals surface area (Å²) in [7, 11) is 0. The first kappa shape index (κ1) is 16.0. The maximum absolute atomic E-state index is 11.6. The summed E-state index contributed by atoms with van der Waals surface area (Å²) >= 11 is 11.7. The number of hydrogen-bond acceptors (Lipinski definition) is 3. The number of aliphatic hydroxyl groups excluding tert-OH is 2. The molecule has 6 heteroatoms. The molecule has 0 aliphatic rings. The van der Waals surface area contributed by atoms with Gasteiger partial charge in [0.1, 0.15) is 0 Å². The van der Waals surface area contributed by atoms with Crippen LogP contribution in [0.15, 0.2) is 24.3 Å². The van der Waals surface area contributed by atoms with Crippen LogP contribution in [0.3, 0.4) is 0 Å². The lowest BCUT2D eigenvalue weighted by molar-refractivity contribution is -0.119. The molecule has 0 bridgehead atoms. The molecule has 0 atom stereocenters. The molecule has 4 nitrogen and oxygen atoms in total.